The van der Waals surface area contributed by atoms with Gasteiger partial charge in [0.05, 0.1) is 13.1 Å². The number of aliphatic imine (C=N–C) groups is 1. The maximum Gasteiger partial charge on any atom is 0.173 e. The second-order valence-corrected chi connectivity index (χ2v) is 6.30. The number of carbonyl (C=O) groups is 1. The second-order valence-electron chi connectivity index (χ2n) is 6.30. The van der Waals surface area contributed by atoms with E-state index in [9.17, 15) is 20.1 Å². The van der Waals surface area contributed by atoms with E-state index in [0.717, 1.165) is 5.69 Å². The molecule has 0 aliphatic rings. The number of hydrogen-bond acceptors (Lipinski definition) is 6. The average molecular weight is 370 g/mol. The van der Waals surface area contributed by atoms with Crippen LogP contribution in [0.1, 0.15) is 31.4 Å². The highest BCUT2D eigenvalue weighted by Gasteiger charge is 2.14. The number of phenols is 3. The van der Waals surface area contributed by atoms with Crippen molar-refractivity contribution in [3.05, 3.63) is 47.5 Å². The fourth-order valence-electron chi connectivity index (χ4n) is 2.83. The molecule has 0 aromatic heterocycles. The van der Waals surface area contributed by atoms with Gasteiger partial charge in [0, 0.05) is 35.1 Å². The molecule has 0 aliphatic heterocycles. The van der Waals surface area contributed by atoms with Crippen molar-refractivity contribution < 1.29 is 20.1 Å². The van der Waals surface area contributed by atoms with Crippen molar-refractivity contribution in [2.24, 2.45) is 4.99 Å². The van der Waals surface area contributed by atoms with Gasteiger partial charge >= 0.3 is 0 Å². The van der Waals surface area contributed by atoms with E-state index in [2.05, 4.69) is 4.99 Å². The molecule has 3 N–H and O–H groups in total. The summed E-state index contributed by atoms with van der Waals surface area (Å²) in [5.74, 6) is 0.0921. The summed E-state index contributed by atoms with van der Waals surface area (Å²) in [6.07, 6.45) is 0.551. The summed E-state index contributed by atoms with van der Waals surface area (Å²) in [6.45, 7) is 6.27. The van der Waals surface area contributed by atoms with Crippen LogP contribution in [0.25, 0.3) is 0 Å². The number of aromatic hydroxyl groups is 3. The second kappa shape index (κ2) is 9.07. The Morgan fingerprint density at radius 1 is 1.11 bits per heavy atom. The van der Waals surface area contributed by atoms with E-state index in [4.69, 9.17) is 0 Å². The van der Waals surface area contributed by atoms with Crippen molar-refractivity contribution in [3.8, 4) is 17.2 Å². The number of benzene rings is 2. The summed E-state index contributed by atoms with van der Waals surface area (Å²) in [5, 5.41) is 29.5. The third-order valence-electron chi connectivity index (χ3n) is 4.44. The third kappa shape index (κ3) is 5.00. The minimum Gasteiger partial charge on any atom is -0.508 e. The van der Waals surface area contributed by atoms with Crippen LogP contribution in [0.2, 0.25) is 0 Å². The molecule has 0 saturated heterocycles. The van der Waals surface area contributed by atoms with E-state index in [1.54, 1.807) is 31.2 Å². The zero-order chi connectivity index (χ0) is 20.0. The van der Waals surface area contributed by atoms with Gasteiger partial charge in [-0.3, -0.25) is 9.79 Å². The van der Waals surface area contributed by atoms with Crippen molar-refractivity contribution >= 4 is 17.2 Å². The molecule has 0 spiro atoms. The molecule has 2 aromatic rings. The van der Waals surface area contributed by atoms with Crippen LogP contribution in [0.4, 0.5) is 5.69 Å². The molecule has 6 nitrogen and oxygen atoms in total. The number of anilines is 1. The molecule has 0 aliphatic carbocycles. The van der Waals surface area contributed by atoms with Gasteiger partial charge in [0.1, 0.15) is 17.2 Å². The first-order valence-electron chi connectivity index (χ1n) is 8.98. The number of nitrogens with zero attached hydrogens (tertiary/aromatic N) is 2. The summed E-state index contributed by atoms with van der Waals surface area (Å²) in [6, 6.07) is 9.90. The molecule has 2 rings (SSSR count). The lowest BCUT2D eigenvalue weighted by atomic mass is 10.0. The van der Waals surface area contributed by atoms with Crippen molar-refractivity contribution in [1.82, 2.24) is 0 Å². The number of hydrogen-bond donors (Lipinski definition) is 3. The lowest BCUT2D eigenvalue weighted by molar-refractivity contribution is -0.116. The molecule has 0 unspecified atom stereocenters. The number of rotatable bonds is 8. The molecular weight excluding hydrogens is 344 g/mol. The van der Waals surface area contributed by atoms with Gasteiger partial charge in [-0.15, -0.1) is 0 Å². The Bertz CT molecular complexity index is 846. The number of phenolic OH excluding ortho intramolecular Hbond substituents is 3. The van der Waals surface area contributed by atoms with E-state index in [-0.39, 0.29) is 36.1 Å². The van der Waals surface area contributed by atoms with Crippen LogP contribution in [0, 0.1) is 6.92 Å². The Morgan fingerprint density at radius 2 is 1.85 bits per heavy atom. The Kier molecular flexibility index (Phi) is 6.82. The molecule has 0 bridgehead atoms. The Balaban J connectivity index is 2.13. The predicted octanol–water partition coefficient (Wildman–Crippen LogP) is 3.41. The molecular formula is C21H26N2O4. The van der Waals surface area contributed by atoms with Crippen LogP contribution in [-0.2, 0) is 4.79 Å². The van der Waals surface area contributed by atoms with Crippen LogP contribution < -0.4 is 4.90 Å². The number of Topliss-reactive ketones (excluding diaryl/α,β-unsaturated/α-hetero) is 1. The zero-order valence-electron chi connectivity index (χ0n) is 15.9. The highest BCUT2D eigenvalue weighted by molar-refractivity contribution is 6.04. The van der Waals surface area contributed by atoms with Crippen molar-refractivity contribution in [3.63, 3.8) is 0 Å². The largest absolute Gasteiger partial charge is 0.508 e. The third-order valence-corrected chi connectivity index (χ3v) is 4.44. The molecule has 0 heterocycles. The molecule has 27 heavy (non-hydrogen) atoms. The molecule has 144 valence electrons. The molecule has 0 atom stereocenters. The first kappa shape index (κ1) is 20.3. The van der Waals surface area contributed by atoms with E-state index in [1.807, 2.05) is 24.8 Å². The van der Waals surface area contributed by atoms with E-state index in [1.165, 1.54) is 6.07 Å². The fraction of sp³-hybridized carbons (Fsp3) is 0.333. The maximum absolute atomic E-state index is 12.4. The standard InChI is InChI=1S/C21H26N2O4/c1-4-19(18-9-10-20(26)14(3)21(18)27)22-12-17(25)13-23(5-2)15-7-6-8-16(24)11-15/h6-11,24,26-27H,4-5,12-13H2,1-3H3. The van der Waals surface area contributed by atoms with E-state index < -0.39 is 0 Å². The van der Waals surface area contributed by atoms with E-state index >= 15 is 0 Å². The van der Waals surface area contributed by atoms with Crippen LogP contribution >= 0.6 is 0 Å². The van der Waals surface area contributed by atoms with E-state index in [0.29, 0.717) is 29.8 Å². The van der Waals surface area contributed by atoms with Crippen LogP contribution in [0.15, 0.2) is 41.4 Å². The van der Waals surface area contributed by atoms with Gasteiger partial charge in [0.25, 0.3) is 0 Å². The van der Waals surface area contributed by atoms with Crippen molar-refractivity contribution in [2.45, 2.75) is 27.2 Å². The molecule has 2 aromatic carbocycles. The van der Waals surface area contributed by atoms with Crippen LogP contribution in [0.5, 0.6) is 17.2 Å². The van der Waals surface area contributed by atoms with Gasteiger partial charge in [0.2, 0.25) is 0 Å². The van der Waals surface area contributed by atoms with Gasteiger partial charge in [-0.2, -0.15) is 0 Å². The lowest BCUT2D eigenvalue weighted by Crippen LogP contribution is -2.30. The van der Waals surface area contributed by atoms with Gasteiger partial charge in [-0.05, 0) is 44.5 Å². The highest BCUT2D eigenvalue weighted by atomic mass is 16.3. The first-order chi connectivity index (χ1) is 12.9. The molecule has 0 saturated carbocycles. The van der Waals surface area contributed by atoms with Gasteiger partial charge in [-0.25, -0.2) is 0 Å². The summed E-state index contributed by atoms with van der Waals surface area (Å²) < 4.78 is 0. The van der Waals surface area contributed by atoms with Crippen molar-refractivity contribution in [2.75, 3.05) is 24.5 Å². The summed E-state index contributed by atoms with van der Waals surface area (Å²) in [4.78, 5) is 18.7. The molecule has 0 radical (unpaired) electrons. The predicted molar refractivity (Wildman–Crippen MR) is 107 cm³/mol. The number of ketones is 1. The minimum absolute atomic E-state index is 0.00213. The summed E-state index contributed by atoms with van der Waals surface area (Å²) in [5.41, 5.74) is 2.31. The highest BCUT2D eigenvalue weighted by Crippen LogP contribution is 2.30. The quantitative estimate of drug-likeness (QED) is 0.619. The summed E-state index contributed by atoms with van der Waals surface area (Å²) >= 11 is 0. The average Bonchev–Trinajstić information content (AvgIpc) is 2.66. The fourth-order valence-corrected chi connectivity index (χ4v) is 2.83. The summed E-state index contributed by atoms with van der Waals surface area (Å²) in [7, 11) is 0. The molecule has 0 amide bonds. The van der Waals surface area contributed by atoms with Gasteiger partial charge < -0.3 is 20.2 Å². The van der Waals surface area contributed by atoms with Gasteiger partial charge in [-0.1, -0.05) is 13.0 Å². The van der Waals surface area contributed by atoms with Crippen LogP contribution in [0.3, 0.4) is 0 Å². The van der Waals surface area contributed by atoms with Crippen LogP contribution in [-0.4, -0.2) is 46.4 Å². The monoisotopic (exact) mass is 370 g/mol. The number of carbonyl (C=O) groups excluding carboxylic acids is 1. The lowest BCUT2D eigenvalue weighted by Gasteiger charge is -2.22. The first-order valence-corrected chi connectivity index (χ1v) is 8.98. The molecule has 6 heteroatoms. The minimum atomic E-state index is -0.0684. The molecule has 0 fully saturated rings. The smallest absolute Gasteiger partial charge is 0.173 e. The topological polar surface area (TPSA) is 93.4 Å². The zero-order valence-corrected chi connectivity index (χ0v) is 15.9. The van der Waals surface area contributed by atoms with Gasteiger partial charge in [0.15, 0.2) is 5.78 Å². The normalized spacial score (nSPS) is 11.4. The Hall–Kier alpha value is -3.02. The SMILES string of the molecule is CCC(=NCC(=O)CN(CC)c1cccc(O)c1)c1ccc(O)c(C)c1O. The maximum atomic E-state index is 12.4. The number of likely N-dealkylation sites (N-methyl/N-ethyl adjacent to an activating group) is 1. The Morgan fingerprint density at radius 3 is 2.48 bits per heavy atom. The van der Waals surface area contributed by atoms with Crippen molar-refractivity contribution in [1.29, 1.82) is 0 Å². The Labute approximate surface area is 159 Å².